The monoisotopic (exact) mass is 846 g/mol. The zero-order chi connectivity index (χ0) is 42.7. The average molecular weight is 847 g/mol. The number of likely N-dealkylation sites (tertiary alicyclic amines) is 1. The van der Waals surface area contributed by atoms with Crippen LogP contribution in [0.5, 0.6) is 5.75 Å². The number of piperidine rings is 2. The van der Waals surface area contributed by atoms with Gasteiger partial charge in [-0.05, 0) is 80.0 Å². The SMILES string of the molecule is O=C1CCC(N2Cc3ccc(OCCCCCC(=O)N4CCC(n5cc(-c6cnc7cccc(-c8cc(F)c(CN9CCOCC9)c(F)c8)c7n6)cn5)CC4)cc3C2=O)C(=O)N1. The highest BCUT2D eigenvalue weighted by atomic mass is 19.1. The smallest absolute Gasteiger partial charge is 0.255 e. The Kier molecular flexibility index (Phi) is 12.0. The zero-order valence-electron chi connectivity index (χ0n) is 34.4. The van der Waals surface area contributed by atoms with E-state index in [4.69, 9.17) is 14.5 Å². The van der Waals surface area contributed by atoms with Crippen molar-refractivity contribution < 1.29 is 37.4 Å². The molecule has 322 valence electrons. The number of hydrogen-bond acceptors (Lipinski definition) is 10. The van der Waals surface area contributed by atoms with E-state index in [0.717, 1.165) is 43.2 Å². The van der Waals surface area contributed by atoms with Gasteiger partial charge >= 0.3 is 0 Å². The van der Waals surface area contributed by atoms with Crippen molar-refractivity contribution in [1.82, 2.24) is 39.8 Å². The Morgan fingerprint density at radius 2 is 1.69 bits per heavy atom. The lowest BCUT2D eigenvalue weighted by molar-refractivity contribution is -0.137. The fourth-order valence-corrected chi connectivity index (χ4v) is 8.87. The topological polar surface area (TPSA) is 152 Å². The Labute approximate surface area is 357 Å². The Morgan fingerprint density at radius 3 is 2.48 bits per heavy atom. The van der Waals surface area contributed by atoms with E-state index in [1.807, 2.05) is 38.9 Å². The number of benzene rings is 3. The van der Waals surface area contributed by atoms with Gasteiger partial charge in [0.2, 0.25) is 17.7 Å². The predicted octanol–water partition coefficient (Wildman–Crippen LogP) is 5.83. The molecule has 0 bridgehead atoms. The van der Waals surface area contributed by atoms with Crippen molar-refractivity contribution >= 4 is 34.7 Å². The maximum absolute atomic E-state index is 15.4. The summed E-state index contributed by atoms with van der Waals surface area (Å²) in [7, 11) is 0. The van der Waals surface area contributed by atoms with Crippen molar-refractivity contribution in [3.05, 3.63) is 95.4 Å². The van der Waals surface area contributed by atoms with Gasteiger partial charge in [0.25, 0.3) is 5.91 Å². The molecule has 3 fully saturated rings. The summed E-state index contributed by atoms with van der Waals surface area (Å²) in [5.41, 5.74) is 4.88. The maximum Gasteiger partial charge on any atom is 0.255 e. The number of halogens is 2. The number of morpholine rings is 1. The normalized spacial score (nSPS) is 18.7. The van der Waals surface area contributed by atoms with E-state index in [2.05, 4.69) is 15.4 Å². The lowest BCUT2D eigenvalue weighted by Gasteiger charge is -2.32. The summed E-state index contributed by atoms with van der Waals surface area (Å²) in [6.07, 6.45) is 10.2. The summed E-state index contributed by atoms with van der Waals surface area (Å²) in [4.78, 5) is 65.1. The van der Waals surface area contributed by atoms with Crippen LogP contribution in [0.15, 0.2) is 67.1 Å². The summed E-state index contributed by atoms with van der Waals surface area (Å²) in [6.45, 7) is 4.57. The highest BCUT2D eigenvalue weighted by Crippen LogP contribution is 2.33. The predicted molar refractivity (Wildman–Crippen MR) is 224 cm³/mol. The van der Waals surface area contributed by atoms with E-state index in [9.17, 15) is 19.2 Å². The summed E-state index contributed by atoms with van der Waals surface area (Å²) < 4.78 is 44.0. The fourth-order valence-electron chi connectivity index (χ4n) is 8.87. The molecule has 14 nitrogen and oxygen atoms in total. The second-order valence-electron chi connectivity index (χ2n) is 16.4. The number of nitrogens with zero attached hydrogens (tertiary/aromatic N) is 7. The Bertz CT molecular complexity index is 2490. The van der Waals surface area contributed by atoms with Gasteiger partial charge in [0.05, 0.1) is 55.0 Å². The molecule has 4 aliphatic rings. The summed E-state index contributed by atoms with van der Waals surface area (Å²) in [6, 6.07) is 13.0. The first-order chi connectivity index (χ1) is 30.2. The number of nitrogens with one attached hydrogen (secondary N) is 1. The molecule has 1 atom stereocenters. The minimum Gasteiger partial charge on any atom is -0.494 e. The third-order valence-electron chi connectivity index (χ3n) is 12.4. The highest BCUT2D eigenvalue weighted by Gasteiger charge is 2.39. The molecule has 4 amide bonds. The number of amides is 4. The quantitative estimate of drug-likeness (QED) is 0.113. The van der Waals surface area contributed by atoms with Crippen LogP contribution in [0.25, 0.3) is 33.4 Å². The van der Waals surface area contributed by atoms with Crippen LogP contribution >= 0.6 is 0 Å². The standard InChI is InChI=1S/C46H48F2N8O6/c47-37-21-30(22-38(48)36(37)28-53-16-19-61-20-17-53)34-5-4-6-39-44(34)51-40(25-49-39)31-24-50-56(27-31)32-12-14-54(15-13-32)43(58)7-2-1-3-18-62-33-9-8-29-26-55(46(60)35(29)23-33)41-10-11-42(57)52-45(41)59/h4-6,8-9,21-25,27,32,41H,1-3,7,10-20,26,28H2,(H,52,57,59). The minimum absolute atomic E-state index is 0.0433. The number of ether oxygens (including phenoxy) is 2. The first-order valence-electron chi connectivity index (χ1n) is 21.5. The molecular weight excluding hydrogens is 799 g/mol. The maximum atomic E-state index is 15.4. The van der Waals surface area contributed by atoms with Gasteiger partial charge < -0.3 is 19.3 Å². The Morgan fingerprint density at radius 1 is 0.887 bits per heavy atom. The molecule has 0 radical (unpaired) electrons. The lowest BCUT2D eigenvalue weighted by Crippen LogP contribution is -2.52. The zero-order valence-corrected chi connectivity index (χ0v) is 34.4. The first kappa shape index (κ1) is 41.2. The molecule has 62 heavy (non-hydrogen) atoms. The van der Waals surface area contributed by atoms with Gasteiger partial charge in [-0.15, -0.1) is 0 Å². The molecule has 0 aliphatic carbocycles. The van der Waals surface area contributed by atoms with Gasteiger partial charge in [0.1, 0.15) is 23.4 Å². The summed E-state index contributed by atoms with van der Waals surface area (Å²) in [5.74, 6) is -1.46. The number of fused-ring (bicyclic) bond motifs is 2. The summed E-state index contributed by atoms with van der Waals surface area (Å²) in [5, 5.41) is 6.98. The number of rotatable bonds is 13. The van der Waals surface area contributed by atoms with Gasteiger partial charge in [0.15, 0.2) is 0 Å². The van der Waals surface area contributed by atoms with Crippen molar-refractivity contribution in [3.63, 3.8) is 0 Å². The van der Waals surface area contributed by atoms with Crippen LogP contribution in [-0.4, -0.2) is 110 Å². The van der Waals surface area contributed by atoms with Gasteiger partial charge in [-0.25, -0.2) is 13.8 Å². The largest absolute Gasteiger partial charge is 0.494 e. The molecule has 3 aromatic carbocycles. The molecule has 3 saturated heterocycles. The molecule has 1 N–H and O–H groups in total. The molecule has 1 unspecified atom stereocenters. The number of hydrogen-bond donors (Lipinski definition) is 1. The van der Waals surface area contributed by atoms with E-state index in [0.29, 0.717) is 105 Å². The van der Waals surface area contributed by atoms with E-state index in [1.165, 1.54) is 17.0 Å². The molecule has 4 aliphatic heterocycles. The van der Waals surface area contributed by atoms with Crippen molar-refractivity contribution in [1.29, 1.82) is 0 Å². The molecule has 0 saturated carbocycles. The molecule has 9 rings (SSSR count). The number of unbranched alkanes of at least 4 members (excludes halogenated alkanes) is 2. The molecule has 0 spiro atoms. The molecule has 2 aromatic heterocycles. The second kappa shape index (κ2) is 18.1. The van der Waals surface area contributed by atoms with Crippen LogP contribution in [0, 0.1) is 11.6 Å². The van der Waals surface area contributed by atoms with Crippen LogP contribution in [0.3, 0.4) is 0 Å². The van der Waals surface area contributed by atoms with E-state index in [-0.39, 0.29) is 42.3 Å². The first-order valence-corrected chi connectivity index (χ1v) is 21.5. The molecular formula is C46H48F2N8O6. The third-order valence-corrected chi connectivity index (χ3v) is 12.4. The van der Waals surface area contributed by atoms with Crippen LogP contribution in [0.4, 0.5) is 8.78 Å². The van der Waals surface area contributed by atoms with Crippen LogP contribution < -0.4 is 10.1 Å². The van der Waals surface area contributed by atoms with Crippen molar-refractivity contribution in [2.24, 2.45) is 0 Å². The van der Waals surface area contributed by atoms with Crippen molar-refractivity contribution in [2.75, 3.05) is 46.0 Å². The van der Waals surface area contributed by atoms with Crippen LogP contribution in [-0.2, 0) is 32.2 Å². The average Bonchev–Trinajstić information content (AvgIpc) is 3.91. The fraction of sp³-hybridized carbons (Fsp3) is 0.413. The molecule has 5 aromatic rings. The van der Waals surface area contributed by atoms with E-state index < -0.39 is 23.6 Å². The van der Waals surface area contributed by atoms with Gasteiger partial charge in [-0.1, -0.05) is 18.2 Å². The van der Waals surface area contributed by atoms with Gasteiger partial charge in [0, 0.05) is 80.6 Å². The number of carbonyl (C=O) groups is 4. The van der Waals surface area contributed by atoms with Gasteiger partial charge in [-0.2, -0.15) is 5.10 Å². The number of aromatic nitrogens is 4. The van der Waals surface area contributed by atoms with Crippen LogP contribution in [0.1, 0.15) is 78.9 Å². The van der Waals surface area contributed by atoms with Gasteiger partial charge in [-0.3, -0.25) is 39.1 Å². The lowest BCUT2D eigenvalue weighted by atomic mass is 10.0. The number of imide groups is 1. The number of carbonyl (C=O) groups excluding carboxylic acids is 4. The second-order valence-corrected chi connectivity index (χ2v) is 16.4. The van der Waals surface area contributed by atoms with Crippen molar-refractivity contribution in [3.8, 4) is 28.1 Å². The van der Waals surface area contributed by atoms with E-state index >= 15 is 8.78 Å². The Balaban J connectivity index is 0.735. The summed E-state index contributed by atoms with van der Waals surface area (Å²) >= 11 is 0. The molecule has 16 heteroatoms. The van der Waals surface area contributed by atoms with Crippen molar-refractivity contribution in [2.45, 2.75) is 76.5 Å². The van der Waals surface area contributed by atoms with Crippen LogP contribution in [0.2, 0.25) is 0 Å². The Hall–Kier alpha value is -6.13. The van der Waals surface area contributed by atoms with E-state index in [1.54, 1.807) is 30.6 Å². The third kappa shape index (κ3) is 8.79. The highest BCUT2D eigenvalue weighted by molar-refractivity contribution is 6.05. The molecule has 6 heterocycles. The minimum atomic E-state index is -0.655. The number of para-hydroxylation sites is 1.